The smallest absolute Gasteiger partial charge is 0.234 e. The molecule has 2 amide bonds. The molecule has 3 aromatic rings. The molecule has 0 saturated carbocycles. The minimum Gasteiger partial charge on any atom is -0.493 e. The van der Waals surface area contributed by atoms with Crippen molar-refractivity contribution in [1.82, 2.24) is 9.80 Å². The second-order valence-corrected chi connectivity index (χ2v) is 10.3. The Bertz CT molecular complexity index is 1250. The zero-order valence-corrected chi connectivity index (χ0v) is 21.5. The molecule has 7 rings (SSSR count). The Morgan fingerprint density at radius 2 is 1.24 bits per heavy atom. The van der Waals surface area contributed by atoms with E-state index in [9.17, 15) is 9.59 Å². The van der Waals surface area contributed by atoms with Crippen LogP contribution >= 0.6 is 0 Å². The van der Waals surface area contributed by atoms with E-state index in [4.69, 9.17) is 9.47 Å². The summed E-state index contributed by atoms with van der Waals surface area (Å²) in [6.45, 7) is 1.86. The monoisotopic (exact) mass is 496 g/mol. The third-order valence-corrected chi connectivity index (χ3v) is 8.48. The van der Waals surface area contributed by atoms with E-state index in [0.29, 0.717) is 18.8 Å². The lowest BCUT2D eigenvalue weighted by Gasteiger charge is -2.45. The molecule has 190 valence electrons. The summed E-state index contributed by atoms with van der Waals surface area (Å²) in [7, 11) is 5.30. The zero-order valence-electron chi connectivity index (χ0n) is 21.5. The van der Waals surface area contributed by atoms with Gasteiger partial charge < -0.3 is 14.4 Å². The Morgan fingerprint density at radius 3 is 1.73 bits per heavy atom. The molecular formula is C31H32N2O4. The largest absolute Gasteiger partial charge is 0.493 e. The molecule has 1 saturated heterocycles. The van der Waals surface area contributed by atoms with E-state index < -0.39 is 0 Å². The molecule has 1 aliphatic heterocycles. The number of benzene rings is 3. The number of imide groups is 1. The van der Waals surface area contributed by atoms with Crippen molar-refractivity contribution in [3.8, 4) is 11.5 Å². The summed E-state index contributed by atoms with van der Waals surface area (Å²) in [5.74, 6) is 0.696. The van der Waals surface area contributed by atoms with Crippen LogP contribution in [-0.4, -0.2) is 62.5 Å². The summed E-state index contributed by atoms with van der Waals surface area (Å²) in [5, 5.41) is 0. The predicted octanol–water partition coefficient (Wildman–Crippen LogP) is 4.07. The SMILES string of the molecule is COc1ccc(CCN(C)CCN2C(=O)C3C4c5ccccc5C(c5ccccc54)C3C2=O)cc1OC. The van der Waals surface area contributed by atoms with Gasteiger partial charge in [-0.3, -0.25) is 14.5 Å². The molecule has 0 aromatic heterocycles. The summed E-state index contributed by atoms with van der Waals surface area (Å²) >= 11 is 0. The lowest BCUT2D eigenvalue weighted by molar-refractivity contribution is -0.140. The van der Waals surface area contributed by atoms with Crippen LogP contribution < -0.4 is 9.47 Å². The maximum atomic E-state index is 13.7. The van der Waals surface area contributed by atoms with Crippen molar-refractivity contribution in [2.75, 3.05) is 40.9 Å². The van der Waals surface area contributed by atoms with Crippen molar-refractivity contribution >= 4 is 11.8 Å². The first-order valence-electron chi connectivity index (χ1n) is 13.0. The Labute approximate surface area is 217 Å². The molecule has 2 bridgehead atoms. The molecular weight excluding hydrogens is 464 g/mol. The van der Waals surface area contributed by atoms with Crippen molar-refractivity contribution in [2.24, 2.45) is 11.8 Å². The van der Waals surface area contributed by atoms with E-state index in [-0.39, 0.29) is 35.5 Å². The number of likely N-dealkylation sites (tertiary alicyclic amines) is 1. The average molecular weight is 497 g/mol. The Morgan fingerprint density at radius 1 is 0.730 bits per heavy atom. The number of carbonyl (C=O) groups excluding carboxylic acids is 2. The fourth-order valence-electron chi connectivity index (χ4n) is 6.70. The first-order valence-corrected chi connectivity index (χ1v) is 13.0. The molecule has 0 radical (unpaired) electrons. The fourth-order valence-corrected chi connectivity index (χ4v) is 6.70. The Hall–Kier alpha value is -3.64. The van der Waals surface area contributed by atoms with E-state index >= 15 is 0 Å². The molecule has 4 aliphatic rings. The summed E-state index contributed by atoms with van der Waals surface area (Å²) in [6, 6.07) is 22.7. The number of ether oxygens (including phenoxy) is 2. The van der Waals surface area contributed by atoms with Crippen LogP contribution in [0.25, 0.3) is 0 Å². The van der Waals surface area contributed by atoms with E-state index in [1.807, 2.05) is 49.5 Å². The van der Waals surface area contributed by atoms with Gasteiger partial charge in [0.1, 0.15) is 0 Å². The maximum Gasteiger partial charge on any atom is 0.234 e. The summed E-state index contributed by atoms with van der Waals surface area (Å²) in [5.41, 5.74) is 5.99. The van der Waals surface area contributed by atoms with E-state index in [1.54, 1.807) is 19.1 Å². The van der Waals surface area contributed by atoms with Gasteiger partial charge in [-0.2, -0.15) is 0 Å². The molecule has 0 spiro atoms. The average Bonchev–Trinajstić information content (AvgIpc) is 3.20. The van der Waals surface area contributed by atoms with Gasteiger partial charge in [0, 0.05) is 31.5 Å². The minimum atomic E-state index is -0.306. The Balaban J connectivity index is 1.17. The number of hydrogen-bond acceptors (Lipinski definition) is 5. The number of hydrogen-bond donors (Lipinski definition) is 0. The van der Waals surface area contributed by atoms with Crippen LogP contribution in [0.15, 0.2) is 66.7 Å². The number of nitrogens with zero attached hydrogens (tertiary/aromatic N) is 2. The molecule has 6 heteroatoms. The highest BCUT2D eigenvalue weighted by Crippen LogP contribution is 2.60. The Kier molecular flexibility index (Phi) is 6.00. The fraction of sp³-hybridized carbons (Fsp3) is 0.355. The van der Waals surface area contributed by atoms with Crippen LogP contribution in [0.5, 0.6) is 11.5 Å². The van der Waals surface area contributed by atoms with Gasteiger partial charge in [0.25, 0.3) is 0 Å². The van der Waals surface area contributed by atoms with Crippen molar-refractivity contribution in [3.63, 3.8) is 0 Å². The predicted molar refractivity (Wildman–Crippen MR) is 141 cm³/mol. The van der Waals surface area contributed by atoms with Gasteiger partial charge in [-0.1, -0.05) is 54.6 Å². The summed E-state index contributed by atoms with van der Waals surface area (Å²) in [6.07, 6.45) is 0.832. The van der Waals surface area contributed by atoms with Crippen LogP contribution in [0, 0.1) is 11.8 Å². The van der Waals surface area contributed by atoms with Gasteiger partial charge in [-0.15, -0.1) is 0 Å². The van der Waals surface area contributed by atoms with Gasteiger partial charge in [-0.05, 0) is 53.4 Å². The van der Waals surface area contributed by atoms with Crippen LogP contribution in [0.1, 0.15) is 39.7 Å². The molecule has 2 atom stereocenters. The van der Waals surface area contributed by atoms with Crippen LogP contribution in [-0.2, 0) is 16.0 Å². The first-order chi connectivity index (χ1) is 18.0. The van der Waals surface area contributed by atoms with Gasteiger partial charge in [0.05, 0.1) is 26.1 Å². The molecule has 6 nitrogen and oxygen atoms in total. The van der Waals surface area contributed by atoms with Gasteiger partial charge >= 0.3 is 0 Å². The minimum absolute atomic E-state index is 0.0118. The summed E-state index contributed by atoms with van der Waals surface area (Å²) in [4.78, 5) is 31.2. The van der Waals surface area contributed by atoms with Gasteiger partial charge in [-0.25, -0.2) is 0 Å². The van der Waals surface area contributed by atoms with Gasteiger partial charge in [0.2, 0.25) is 11.8 Å². The second kappa shape index (κ2) is 9.34. The van der Waals surface area contributed by atoms with Crippen LogP contribution in [0.4, 0.5) is 0 Å². The maximum absolute atomic E-state index is 13.7. The highest BCUT2D eigenvalue weighted by molar-refractivity contribution is 6.07. The van der Waals surface area contributed by atoms with Crippen LogP contribution in [0.3, 0.4) is 0 Å². The number of rotatable bonds is 8. The molecule has 0 N–H and O–H groups in total. The van der Waals surface area contributed by atoms with Crippen molar-refractivity contribution < 1.29 is 19.1 Å². The highest BCUT2D eigenvalue weighted by atomic mass is 16.5. The molecule has 37 heavy (non-hydrogen) atoms. The normalized spacial score (nSPS) is 23.2. The third-order valence-electron chi connectivity index (χ3n) is 8.48. The molecule has 1 heterocycles. The van der Waals surface area contributed by atoms with E-state index in [0.717, 1.165) is 24.3 Å². The third kappa shape index (κ3) is 3.74. The lowest BCUT2D eigenvalue weighted by atomic mass is 9.55. The number of likely N-dealkylation sites (N-methyl/N-ethyl adjacent to an activating group) is 1. The van der Waals surface area contributed by atoms with E-state index in [1.165, 1.54) is 22.3 Å². The molecule has 3 aliphatic carbocycles. The van der Waals surface area contributed by atoms with Crippen molar-refractivity contribution in [1.29, 1.82) is 0 Å². The lowest BCUT2D eigenvalue weighted by Crippen LogP contribution is -2.41. The number of methoxy groups -OCH3 is 2. The van der Waals surface area contributed by atoms with Crippen LogP contribution in [0.2, 0.25) is 0 Å². The standard InChI is InChI=1S/C31H32N2O4/c1-32(15-14-19-12-13-24(36-2)25(18-19)37-3)16-17-33-30(34)28-26-20-8-4-5-9-21(20)27(29(28)31(33)35)23-11-7-6-10-22(23)26/h4-13,18,26-29H,14-17H2,1-3H3. The highest BCUT2D eigenvalue weighted by Gasteiger charge is 2.61. The van der Waals surface area contributed by atoms with Crippen molar-refractivity contribution in [2.45, 2.75) is 18.3 Å². The summed E-state index contributed by atoms with van der Waals surface area (Å²) < 4.78 is 10.7. The zero-order chi connectivity index (χ0) is 25.7. The molecule has 3 aromatic carbocycles. The number of carbonyl (C=O) groups is 2. The van der Waals surface area contributed by atoms with E-state index in [2.05, 4.69) is 29.2 Å². The second-order valence-electron chi connectivity index (χ2n) is 10.3. The van der Waals surface area contributed by atoms with Gasteiger partial charge in [0.15, 0.2) is 11.5 Å². The topological polar surface area (TPSA) is 59.1 Å². The number of amides is 2. The molecule has 2 unspecified atom stereocenters. The molecule has 1 fully saturated rings. The van der Waals surface area contributed by atoms with Crippen molar-refractivity contribution in [3.05, 3.63) is 94.5 Å². The quantitative estimate of drug-likeness (QED) is 0.440. The first kappa shape index (κ1) is 23.7.